The molecule has 0 aliphatic rings. The van der Waals surface area contributed by atoms with Crippen molar-refractivity contribution in [3.05, 3.63) is 70.9 Å². The first-order valence-corrected chi connectivity index (χ1v) is 11.1. The number of aromatic nitrogens is 2. The Labute approximate surface area is 178 Å². The lowest BCUT2D eigenvalue weighted by Crippen LogP contribution is -2.15. The van der Waals surface area contributed by atoms with Gasteiger partial charge in [-0.25, -0.2) is 9.97 Å². The summed E-state index contributed by atoms with van der Waals surface area (Å²) in [7, 11) is 0. The van der Waals surface area contributed by atoms with Gasteiger partial charge >= 0.3 is 0 Å². The number of hydrogen-bond donors (Lipinski definition) is 1. The Balaban J connectivity index is 1.53. The fourth-order valence-corrected chi connectivity index (χ4v) is 5.27. The molecule has 146 valence electrons. The number of para-hydroxylation sites is 1. The van der Waals surface area contributed by atoms with Crippen LogP contribution in [0.5, 0.6) is 0 Å². The van der Waals surface area contributed by atoms with Crippen LogP contribution in [0.1, 0.15) is 16.3 Å². The fraction of sp³-hybridized carbons (Fsp3) is 0.174. The van der Waals surface area contributed by atoms with Crippen molar-refractivity contribution in [1.29, 1.82) is 0 Å². The summed E-state index contributed by atoms with van der Waals surface area (Å²) < 4.78 is 0. The van der Waals surface area contributed by atoms with Crippen LogP contribution in [-0.2, 0) is 4.79 Å². The number of aryl methyl sites for hydroxylation is 3. The lowest BCUT2D eigenvalue weighted by Gasteiger charge is -2.11. The number of anilines is 1. The number of thioether (sulfide) groups is 1. The van der Waals surface area contributed by atoms with Crippen LogP contribution in [0, 0.1) is 20.8 Å². The van der Waals surface area contributed by atoms with Crippen molar-refractivity contribution in [3.8, 4) is 11.1 Å². The van der Waals surface area contributed by atoms with Crippen LogP contribution in [0.15, 0.2) is 59.6 Å². The first-order valence-electron chi connectivity index (χ1n) is 9.34. The number of hydrogen-bond acceptors (Lipinski definition) is 5. The molecule has 0 aliphatic heterocycles. The molecule has 0 aliphatic carbocycles. The average molecular weight is 420 g/mol. The van der Waals surface area contributed by atoms with Gasteiger partial charge in [-0.3, -0.25) is 4.79 Å². The Morgan fingerprint density at radius 1 is 1.00 bits per heavy atom. The van der Waals surface area contributed by atoms with Crippen molar-refractivity contribution in [2.45, 2.75) is 25.8 Å². The van der Waals surface area contributed by atoms with Crippen molar-refractivity contribution in [2.75, 3.05) is 11.1 Å². The van der Waals surface area contributed by atoms with E-state index in [0.717, 1.165) is 37.9 Å². The molecule has 4 rings (SSSR count). The molecule has 0 radical (unpaired) electrons. The van der Waals surface area contributed by atoms with Crippen molar-refractivity contribution in [1.82, 2.24) is 9.97 Å². The summed E-state index contributed by atoms with van der Waals surface area (Å²) in [5.74, 6) is 0.978. The predicted octanol–water partition coefficient (Wildman–Crippen LogP) is 6.01. The maximum atomic E-state index is 12.7. The highest BCUT2D eigenvalue weighted by molar-refractivity contribution is 8.00. The fourth-order valence-electron chi connectivity index (χ4n) is 3.20. The number of thiophene rings is 1. The van der Waals surface area contributed by atoms with Gasteiger partial charge < -0.3 is 5.32 Å². The molecule has 2 aromatic heterocycles. The molecule has 0 spiro atoms. The summed E-state index contributed by atoms with van der Waals surface area (Å²) in [5.41, 5.74) is 4.10. The van der Waals surface area contributed by atoms with Crippen molar-refractivity contribution >= 4 is 44.9 Å². The first-order chi connectivity index (χ1) is 14.0. The second kappa shape index (κ2) is 8.35. The molecule has 2 aromatic carbocycles. The highest BCUT2D eigenvalue weighted by Gasteiger charge is 2.15. The van der Waals surface area contributed by atoms with E-state index < -0.39 is 0 Å². The monoisotopic (exact) mass is 419 g/mol. The van der Waals surface area contributed by atoms with Crippen LogP contribution < -0.4 is 5.32 Å². The minimum Gasteiger partial charge on any atom is -0.325 e. The Morgan fingerprint density at radius 2 is 1.72 bits per heavy atom. The molecular weight excluding hydrogens is 398 g/mol. The van der Waals surface area contributed by atoms with E-state index in [9.17, 15) is 4.79 Å². The van der Waals surface area contributed by atoms with Gasteiger partial charge in [0.1, 0.15) is 15.7 Å². The molecule has 0 unspecified atom stereocenters. The third kappa shape index (κ3) is 4.18. The molecular formula is C23H21N3OS2. The highest BCUT2D eigenvalue weighted by atomic mass is 32.2. The van der Waals surface area contributed by atoms with E-state index in [1.807, 2.05) is 61.5 Å². The maximum Gasteiger partial charge on any atom is 0.234 e. The van der Waals surface area contributed by atoms with Gasteiger partial charge in [0, 0.05) is 21.5 Å². The van der Waals surface area contributed by atoms with Crippen LogP contribution in [0.4, 0.5) is 5.69 Å². The Hall–Kier alpha value is -2.70. The second-order valence-electron chi connectivity index (χ2n) is 6.79. The molecule has 2 heterocycles. The van der Waals surface area contributed by atoms with Gasteiger partial charge in [0.15, 0.2) is 0 Å². The lowest BCUT2D eigenvalue weighted by molar-refractivity contribution is -0.113. The van der Waals surface area contributed by atoms with Crippen LogP contribution in [0.3, 0.4) is 0 Å². The third-order valence-corrected chi connectivity index (χ3v) is 6.81. The van der Waals surface area contributed by atoms with Gasteiger partial charge in [-0.1, -0.05) is 60.3 Å². The van der Waals surface area contributed by atoms with E-state index in [1.54, 1.807) is 11.3 Å². The van der Waals surface area contributed by atoms with E-state index >= 15 is 0 Å². The largest absolute Gasteiger partial charge is 0.325 e. The smallest absolute Gasteiger partial charge is 0.234 e. The van der Waals surface area contributed by atoms with Crippen molar-refractivity contribution in [2.24, 2.45) is 0 Å². The van der Waals surface area contributed by atoms with Crippen LogP contribution >= 0.6 is 23.1 Å². The number of carbonyl (C=O) groups is 1. The Kier molecular flexibility index (Phi) is 5.65. The minimum absolute atomic E-state index is 0.0487. The summed E-state index contributed by atoms with van der Waals surface area (Å²) in [5, 5.41) is 5.01. The van der Waals surface area contributed by atoms with E-state index in [4.69, 9.17) is 0 Å². The zero-order valence-electron chi connectivity index (χ0n) is 16.5. The van der Waals surface area contributed by atoms with E-state index in [0.29, 0.717) is 5.75 Å². The molecule has 0 fully saturated rings. The molecule has 6 heteroatoms. The van der Waals surface area contributed by atoms with Crippen LogP contribution in [-0.4, -0.2) is 21.6 Å². The van der Waals surface area contributed by atoms with Gasteiger partial charge in [-0.2, -0.15) is 0 Å². The molecule has 0 saturated carbocycles. The summed E-state index contributed by atoms with van der Waals surface area (Å²) in [6.45, 7) is 6.08. The number of carbonyl (C=O) groups excluding carboxylic acids is 1. The number of rotatable bonds is 5. The van der Waals surface area contributed by atoms with Crippen molar-refractivity contribution in [3.63, 3.8) is 0 Å². The number of amides is 1. The third-order valence-electron chi connectivity index (χ3n) is 4.73. The lowest BCUT2D eigenvalue weighted by atomic mass is 10.0. The summed E-state index contributed by atoms with van der Waals surface area (Å²) in [6.07, 6.45) is 0. The average Bonchev–Trinajstić information content (AvgIpc) is 3.00. The number of fused-ring (bicyclic) bond motifs is 1. The number of benzene rings is 2. The summed E-state index contributed by atoms with van der Waals surface area (Å²) in [4.78, 5) is 24.1. The Bertz CT molecular complexity index is 1190. The molecule has 4 nitrogen and oxygen atoms in total. The topological polar surface area (TPSA) is 54.9 Å². The van der Waals surface area contributed by atoms with Gasteiger partial charge in [0.05, 0.1) is 5.75 Å². The summed E-state index contributed by atoms with van der Waals surface area (Å²) >= 11 is 3.14. The standard InChI is InChI=1S/C23H21N3OS2/c1-14-15(2)29-23-21(14)22(24-16(3)25-23)28-13-20(27)26-19-12-8-7-11-18(19)17-9-5-4-6-10-17/h4-12H,13H2,1-3H3,(H,26,27). The van der Waals surface area contributed by atoms with Crippen molar-refractivity contribution < 1.29 is 4.79 Å². The molecule has 0 atom stereocenters. The second-order valence-corrected chi connectivity index (χ2v) is 8.96. The first kappa shape index (κ1) is 19.6. The maximum absolute atomic E-state index is 12.7. The molecule has 1 N–H and O–H groups in total. The van der Waals surface area contributed by atoms with Crippen LogP contribution in [0.25, 0.3) is 21.3 Å². The molecule has 1 amide bonds. The normalized spacial score (nSPS) is 11.0. The SMILES string of the molecule is Cc1nc(SCC(=O)Nc2ccccc2-c2ccccc2)c2c(C)c(C)sc2n1. The molecule has 0 saturated heterocycles. The minimum atomic E-state index is -0.0487. The molecule has 29 heavy (non-hydrogen) atoms. The Morgan fingerprint density at radius 3 is 2.52 bits per heavy atom. The van der Waals surface area contributed by atoms with E-state index in [-0.39, 0.29) is 5.91 Å². The quantitative estimate of drug-likeness (QED) is 0.318. The zero-order chi connectivity index (χ0) is 20.4. The molecule has 0 bridgehead atoms. The van der Waals surface area contributed by atoms with Crippen LogP contribution in [0.2, 0.25) is 0 Å². The van der Waals surface area contributed by atoms with Gasteiger partial charge in [-0.05, 0) is 38.0 Å². The van der Waals surface area contributed by atoms with Gasteiger partial charge in [0.2, 0.25) is 5.91 Å². The zero-order valence-corrected chi connectivity index (χ0v) is 18.2. The highest BCUT2D eigenvalue weighted by Crippen LogP contribution is 2.35. The summed E-state index contributed by atoms with van der Waals surface area (Å²) in [6, 6.07) is 17.9. The van der Waals surface area contributed by atoms with E-state index in [2.05, 4.69) is 29.1 Å². The van der Waals surface area contributed by atoms with Gasteiger partial charge in [-0.15, -0.1) is 11.3 Å². The number of nitrogens with zero attached hydrogens (tertiary/aromatic N) is 2. The molecule has 4 aromatic rings. The number of nitrogens with one attached hydrogen (secondary N) is 1. The van der Waals surface area contributed by atoms with Gasteiger partial charge in [0.25, 0.3) is 0 Å². The van der Waals surface area contributed by atoms with E-state index in [1.165, 1.54) is 22.2 Å². The predicted molar refractivity (Wildman–Crippen MR) is 123 cm³/mol.